The maximum atomic E-state index is 12.8. The Morgan fingerprint density at radius 3 is 2.26 bits per heavy atom. The predicted molar refractivity (Wildman–Crippen MR) is 150 cm³/mol. The summed E-state index contributed by atoms with van der Waals surface area (Å²) in [5, 5.41) is 3.30. The molecular weight excluding hydrogens is 546 g/mol. The second-order valence-electron chi connectivity index (χ2n) is 9.50. The molecule has 4 rings (SSSR count). The molecule has 1 aliphatic heterocycles. The van der Waals surface area contributed by atoms with Gasteiger partial charge in [-0.15, -0.1) is 0 Å². The Morgan fingerprint density at radius 1 is 0.947 bits per heavy atom. The molecule has 0 atom stereocenters. The van der Waals surface area contributed by atoms with Crippen molar-refractivity contribution in [1.82, 2.24) is 4.31 Å². The highest BCUT2D eigenvalue weighted by molar-refractivity contribution is 7.92. The van der Waals surface area contributed by atoms with Gasteiger partial charge in [0.25, 0.3) is 10.0 Å². The number of nitrogens with zero attached hydrogens (tertiary/aromatic N) is 1. The summed E-state index contributed by atoms with van der Waals surface area (Å²) in [7, 11) is -7.32. The first-order valence-corrected chi connectivity index (χ1v) is 15.6. The monoisotopic (exact) mass is 575 g/mol. The van der Waals surface area contributed by atoms with Gasteiger partial charge in [0, 0.05) is 29.7 Å². The first-order chi connectivity index (χ1) is 17.9. The maximum absolute atomic E-state index is 12.8. The van der Waals surface area contributed by atoms with Crippen LogP contribution in [0.2, 0.25) is 5.02 Å². The number of carbonyl (C=O) groups is 1. The smallest absolute Gasteiger partial charge is 0.261 e. The summed E-state index contributed by atoms with van der Waals surface area (Å²) in [5.41, 5.74) is 3.45. The number of benzene rings is 3. The molecule has 0 spiro atoms. The lowest BCUT2D eigenvalue weighted by Crippen LogP contribution is -2.41. The lowest BCUT2D eigenvalue weighted by Gasteiger charge is -2.30. The van der Waals surface area contributed by atoms with Gasteiger partial charge in [-0.05, 0) is 80.3 Å². The Kier molecular flexibility index (Phi) is 8.46. The summed E-state index contributed by atoms with van der Waals surface area (Å²) < 4.78 is 55.3. The zero-order valence-electron chi connectivity index (χ0n) is 21.1. The van der Waals surface area contributed by atoms with Gasteiger partial charge in [0.05, 0.1) is 16.3 Å². The number of halogens is 1. The van der Waals surface area contributed by atoms with Gasteiger partial charge in [0.1, 0.15) is 0 Å². The second-order valence-corrected chi connectivity index (χ2v) is 13.6. The molecule has 11 heteroatoms. The van der Waals surface area contributed by atoms with E-state index in [2.05, 4.69) is 10.0 Å². The highest BCUT2D eigenvalue weighted by Crippen LogP contribution is 2.25. The topological polar surface area (TPSA) is 113 Å². The Labute approximate surface area is 229 Å². The van der Waals surface area contributed by atoms with E-state index in [1.165, 1.54) is 16.4 Å². The van der Waals surface area contributed by atoms with E-state index < -0.39 is 20.0 Å². The molecule has 0 aromatic heterocycles. The van der Waals surface area contributed by atoms with Crippen molar-refractivity contribution >= 4 is 48.9 Å². The fourth-order valence-electron chi connectivity index (χ4n) is 4.42. The van der Waals surface area contributed by atoms with Crippen LogP contribution in [0.15, 0.2) is 71.6 Å². The number of hydrogen-bond donors (Lipinski definition) is 2. The highest BCUT2D eigenvalue weighted by atomic mass is 35.5. The zero-order valence-corrected chi connectivity index (χ0v) is 23.5. The molecule has 0 unspecified atom stereocenters. The maximum Gasteiger partial charge on any atom is 0.261 e. The van der Waals surface area contributed by atoms with Crippen molar-refractivity contribution in [2.75, 3.05) is 23.1 Å². The minimum absolute atomic E-state index is 0.0775. The van der Waals surface area contributed by atoms with Gasteiger partial charge in [-0.25, -0.2) is 21.1 Å². The van der Waals surface area contributed by atoms with Gasteiger partial charge < -0.3 is 5.32 Å². The van der Waals surface area contributed by atoms with Crippen LogP contribution in [-0.2, 0) is 30.6 Å². The second kappa shape index (κ2) is 11.4. The van der Waals surface area contributed by atoms with Crippen LogP contribution in [0.1, 0.15) is 29.5 Å². The van der Waals surface area contributed by atoms with Crippen molar-refractivity contribution < 1.29 is 21.6 Å². The number of sulfonamides is 2. The van der Waals surface area contributed by atoms with Crippen LogP contribution < -0.4 is 10.0 Å². The summed E-state index contributed by atoms with van der Waals surface area (Å²) in [5.74, 6) is -0.707. The van der Waals surface area contributed by atoms with E-state index in [4.69, 9.17) is 11.6 Å². The van der Waals surface area contributed by atoms with Gasteiger partial charge >= 0.3 is 0 Å². The predicted octanol–water partition coefficient (Wildman–Crippen LogP) is 4.94. The van der Waals surface area contributed by atoms with Gasteiger partial charge in [-0.3, -0.25) is 9.52 Å². The van der Waals surface area contributed by atoms with Gasteiger partial charge in [-0.1, -0.05) is 41.4 Å². The molecule has 3 aromatic rings. The first-order valence-electron chi connectivity index (χ1n) is 12.2. The third kappa shape index (κ3) is 6.93. The van der Waals surface area contributed by atoms with Crippen LogP contribution in [0, 0.1) is 19.8 Å². The molecule has 0 saturated carbocycles. The Morgan fingerprint density at radius 2 is 1.63 bits per heavy atom. The Hall–Kier alpha value is -2.92. The SMILES string of the molecule is Cc1ccc(NS(=O)(=O)c2ccc(NC(=O)C3CCN(S(=O)(=O)Cc4cccc(Cl)c4)CC3)cc2)c(C)c1. The summed E-state index contributed by atoms with van der Waals surface area (Å²) in [6.07, 6.45) is 0.791. The fourth-order valence-corrected chi connectivity index (χ4v) is 7.31. The molecule has 0 aliphatic carbocycles. The quantitative estimate of drug-likeness (QED) is 0.395. The van der Waals surface area contributed by atoms with Crippen molar-refractivity contribution in [2.24, 2.45) is 5.92 Å². The molecule has 38 heavy (non-hydrogen) atoms. The van der Waals surface area contributed by atoms with Crippen molar-refractivity contribution in [1.29, 1.82) is 0 Å². The number of piperidine rings is 1. The van der Waals surface area contributed by atoms with Crippen molar-refractivity contribution in [3.05, 3.63) is 88.4 Å². The van der Waals surface area contributed by atoms with Gasteiger partial charge in [-0.2, -0.15) is 0 Å². The van der Waals surface area contributed by atoms with Gasteiger partial charge in [0.15, 0.2) is 0 Å². The van der Waals surface area contributed by atoms with E-state index in [1.807, 2.05) is 26.0 Å². The fraction of sp³-hybridized carbons (Fsp3) is 0.296. The Balaban J connectivity index is 1.32. The summed E-state index contributed by atoms with van der Waals surface area (Å²) in [4.78, 5) is 12.9. The van der Waals surface area contributed by atoms with Crippen LogP contribution >= 0.6 is 11.6 Å². The van der Waals surface area contributed by atoms with Crippen LogP contribution in [0.4, 0.5) is 11.4 Å². The molecule has 3 aromatic carbocycles. The average Bonchev–Trinajstić information content (AvgIpc) is 2.86. The molecule has 1 heterocycles. The Bertz CT molecular complexity index is 1530. The minimum Gasteiger partial charge on any atom is -0.326 e. The number of nitrogens with one attached hydrogen (secondary N) is 2. The average molecular weight is 576 g/mol. The van der Waals surface area contributed by atoms with Gasteiger partial charge in [0.2, 0.25) is 15.9 Å². The molecule has 0 bridgehead atoms. The normalized spacial score (nSPS) is 15.2. The summed E-state index contributed by atoms with van der Waals surface area (Å²) >= 11 is 5.97. The van der Waals surface area contributed by atoms with E-state index in [0.717, 1.165) is 11.1 Å². The molecule has 0 radical (unpaired) electrons. The molecule has 1 aliphatic rings. The first kappa shape index (κ1) is 28.1. The molecule has 1 fully saturated rings. The van der Waals surface area contributed by atoms with Crippen molar-refractivity contribution in [2.45, 2.75) is 37.3 Å². The molecule has 202 valence electrons. The molecule has 1 saturated heterocycles. The van der Waals surface area contributed by atoms with Crippen LogP contribution in [0.25, 0.3) is 0 Å². The van der Waals surface area contributed by atoms with Crippen LogP contribution in [0.5, 0.6) is 0 Å². The number of hydrogen-bond acceptors (Lipinski definition) is 5. The zero-order chi connectivity index (χ0) is 27.5. The van der Waals surface area contributed by atoms with Crippen molar-refractivity contribution in [3.63, 3.8) is 0 Å². The molecule has 2 N–H and O–H groups in total. The van der Waals surface area contributed by atoms with E-state index in [9.17, 15) is 21.6 Å². The number of aryl methyl sites for hydroxylation is 2. The summed E-state index contributed by atoms with van der Waals surface area (Å²) in [6.45, 7) is 4.28. The van der Waals surface area contributed by atoms with E-state index in [-0.39, 0.29) is 35.6 Å². The largest absolute Gasteiger partial charge is 0.326 e. The van der Waals surface area contributed by atoms with E-state index in [0.29, 0.717) is 34.8 Å². The van der Waals surface area contributed by atoms with Crippen LogP contribution in [0.3, 0.4) is 0 Å². The number of anilines is 2. The van der Waals surface area contributed by atoms with Crippen LogP contribution in [-0.4, -0.2) is 40.1 Å². The minimum atomic E-state index is -3.79. The number of amides is 1. The van der Waals surface area contributed by atoms with E-state index in [1.54, 1.807) is 42.5 Å². The third-order valence-corrected chi connectivity index (χ3v) is 9.98. The highest BCUT2D eigenvalue weighted by Gasteiger charge is 2.31. The number of rotatable bonds is 8. The molecule has 1 amide bonds. The lowest BCUT2D eigenvalue weighted by atomic mass is 9.97. The third-order valence-electron chi connectivity index (χ3n) is 6.51. The number of carbonyl (C=O) groups excluding carboxylic acids is 1. The van der Waals surface area contributed by atoms with Crippen molar-refractivity contribution in [3.8, 4) is 0 Å². The lowest BCUT2D eigenvalue weighted by molar-refractivity contribution is -0.120. The summed E-state index contributed by atoms with van der Waals surface area (Å²) in [6, 6.07) is 18.2. The van der Waals surface area contributed by atoms with E-state index >= 15 is 0 Å². The molecular formula is C27H30ClN3O5S2. The molecule has 8 nitrogen and oxygen atoms in total. The standard InChI is InChI=1S/C27H30ClN3O5S2/c1-19-6-11-26(20(2)16-19)30-38(35,36)25-9-7-24(8-10-25)29-27(32)22-12-14-31(15-13-22)37(33,34)18-21-4-3-5-23(28)17-21/h3-11,16-17,22,30H,12-15,18H2,1-2H3,(H,29,32).